The molecule has 132 valence electrons. The third-order valence-corrected chi connectivity index (χ3v) is 4.05. The molecule has 4 heteroatoms. The molecule has 4 nitrogen and oxygen atoms in total. The van der Waals surface area contributed by atoms with Crippen LogP contribution in [0.1, 0.15) is 37.5 Å². The predicted molar refractivity (Wildman–Crippen MR) is 102 cm³/mol. The van der Waals surface area contributed by atoms with Crippen molar-refractivity contribution in [1.82, 2.24) is 5.32 Å². The zero-order chi connectivity index (χ0) is 18.7. The molecule has 0 spiro atoms. The van der Waals surface area contributed by atoms with Crippen molar-refractivity contribution in [1.29, 1.82) is 0 Å². The lowest BCUT2D eigenvalue weighted by Gasteiger charge is -2.13. The number of benzene rings is 2. The lowest BCUT2D eigenvalue weighted by molar-refractivity contribution is -0.117. The summed E-state index contributed by atoms with van der Waals surface area (Å²) in [6, 6.07) is 8.96. The smallest absolute Gasteiger partial charge is 0.247 e. The molecule has 0 heterocycles. The van der Waals surface area contributed by atoms with Gasteiger partial charge in [-0.15, -0.1) is 0 Å². The van der Waals surface area contributed by atoms with Gasteiger partial charge >= 0.3 is 0 Å². The fourth-order valence-corrected chi connectivity index (χ4v) is 2.67. The van der Waals surface area contributed by atoms with Crippen LogP contribution in [-0.4, -0.2) is 22.2 Å². The quantitative estimate of drug-likeness (QED) is 0.574. The van der Waals surface area contributed by atoms with Gasteiger partial charge < -0.3 is 15.5 Å². The van der Waals surface area contributed by atoms with Crippen molar-refractivity contribution in [2.45, 2.75) is 40.7 Å². The molecule has 0 aliphatic heterocycles. The van der Waals surface area contributed by atoms with Crippen LogP contribution >= 0.6 is 0 Å². The molecule has 1 amide bonds. The molecule has 2 rings (SSSR count). The Morgan fingerprint density at radius 1 is 1.04 bits per heavy atom. The average molecular weight is 339 g/mol. The Bertz CT molecular complexity index is 835. The van der Waals surface area contributed by atoms with E-state index in [4.69, 9.17) is 0 Å². The number of carbonyl (C=O) groups excluding carboxylic acids is 1. The van der Waals surface area contributed by atoms with Gasteiger partial charge in [0.1, 0.15) is 0 Å². The molecule has 25 heavy (non-hydrogen) atoms. The molecule has 0 saturated heterocycles. The predicted octanol–water partition coefficient (Wildman–Crippen LogP) is 4.31. The maximum Gasteiger partial charge on any atom is 0.247 e. The first-order valence-corrected chi connectivity index (χ1v) is 8.31. The number of aryl methyl sites for hydroxylation is 2. The molecule has 0 radical (unpaired) electrons. The van der Waals surface area contributed by atoms with Crippen LogP contribution in [0.5, 0.6) is 11.5 Å². The molecule has 0 bridgehead atoms. The Balaban J connectivity index is 2.40. The molecule has 0 aliphatic carbocycles. The molecule has 2 aromatic rings. The second-order valence-corrected chi connectivity index (χ2v) is 6.68. The van der Waals surface area contributed by atoms with Crippen molar-refractivity contribution in [3.63, 3.8) is 0 Å². The first-order chi connectivity index (χ1) is 11.7. The topological polar surface area (TPSA) is 69.6 Å². The van der Waals surface area contributed by atoms with Crippen LogP contribution < -0.4 is 5.32 Å². The van der Waals surface area contributed by atoms with Crippen LogP contribution in [0.2, 0.25) is 0 Å². The number of aromatic hydroxyl groups is 2. The van der Waals surface area contributed by atoms with E-state index in [0.717, 1.165) is 27.8 Å². The normalized spacial score (nSPS) is 11.7. The molecule has 2 aromatic carbocycles. The Morgan fingerprint density at radius 2 is 1.72 bits per heavy atom. The van der Waals surface area contributed by atoms with E-state index in [-0.39, 0.29) is 23.4 Å². The fourth-order valence-electron chi connectivity index (χ4n) is 2.67. The number of hydrogen-bond donors (Lipinski definition) is 3. The van der Waals surface area contributed by atoms with E-state index in [9.17, 15) is 15.0 Å². The van der Waals surface area contributed by atoms with E-state index in [2.05, 4.69) is 5.32 Å². The van der Waals surface area contributed by atoms with Gasteiger partial charge in [-0.2, -0.15) is 0 Å². The van der Waals surface area contributed by atoms with Crippen molar-refractivity contribution in [3.05, 3.63) is 52.6 Å². The van der Waals surface area contributed by atoms with E-state index in [0.29, 0.717) is 5.57 Å². The summed E-state index contributed by atoms with van der Waals surface area (Å²) in [5, 5.41) is 22.1. The number of amides is 1. The van der Waals surface area contributed by atoms with Gasteiger partial charge in [0, 0.05) is 11.6 Å². The summed E-state index contributed by atoms with van der Waals surface area (Å²) in [5.41, 5.74) is 5.52. The maximum atomic E-state index is 12.1. The van der Waals surface area contributed by atoms with Crippen molar-refractivity contribution in [2.75, 3.05) is 0 Å². The zero-order valence-electron chi connectivity index (χ0n) is 15.3. The van der Waals surface area contributed by atoms with Crippen LogP contribution in [0.3, 0.4) is 0 Å². The van der Waals surface area contributed by atoms with E-state index in [1.165, 1.54) is 6.07 Å². The van der Waals surface area contributed by atoms with E-state index < -0.39 is 0 Å². The van der Waals surface area contributed by atoms with Gasteiger partial charge in [0.15, 0.2) is 11.5 Å². The summed E-state index contributed by atoms with van der Waals surface area (Å²) in [5.74, 6) is -0.344. The van der Waals surface area contributed by atoms with Crippen LogP contribution in [0.4, 0.5) is 0 Å². The fraction of sp³-hybridized carbons (Fsp3) is 0.286. The Labute approximate surface area is 148 Å². The largest absolute Gasteiger partial charge is 0.504 e. The highest BCUT2D eigenvalue weighted by molar-refractivity contribution is 5.97. The monoisotopic (exact) mass is 339 g/mol. The number of phenols is 2. The lowest BCUT2D eigenvalue weighted by Crippen LogP contribution is -2.30. The third kappa shape index (κ3) is 4.41. The van der Waals surface area contributed by atoms with Gasteiger partial charge in [0.2, 0.25) is 5.91 Å². The minimum absolute atomic E-state index is 0.0698. The summed E-state index contributed by atoms with van der Waals surface area (Å²) >= 11 is 0. The summed E-state index contributed by atoms with van der Waals surface area (Å²) in [7, 11) is 0. The first-order valence-electron chi connectivity index (χ1n) is 8.31. The highest BCUT2D eigenvalue weighted by atomic mass is 16.3. The molecule has 0 fully saturated rings. The maximum absolute atomic E-state index is 12.1. The van der Waals surface area contributed by atoms with Gasteiger partial charge in [-0.3, -0.25) is 4.79 Å². The minimum atomic E-state index is -0.139. The zero-order valence-corrected chi connectivity index (χ0v) is 15.3. The number of nitrogens with one attached hydrogen (secondary N) is 1. The Hall–Kier alpha value is -2.75. The number of phenolic OH excluding ortho intramolecular Hbond substituents is 2. The van der Waals surface area contributed by atoms with Crippen LogP contribution in [-0.2, 0) is 4.79 Å². The van der Waals surface area contributed by atoms with Crippen molar-refractivity contribution in [2.24, 2.45) is 0 Å². The number of carbonyl (C=O) groups is 1. The van der Waals surface area contributed by atoms with Crippen LogP contribution in [0.25, 0.3) is 17.2 Å². The van der Waals surface area contributed by atoms with Crippen LogP contribution in [0.15, 0.2) is 35.9 Å². The summed E-state index contributed by atoms with van der Waals surface area (Å²) < 4.78 is 0. The molecule has 0 aromatic heterocycles. The second kappa shape index (κ2) is 7.43. The van der Waals surface area contributed by atoms with E-state index in [1.54, 1.807) is 19.1 Å². The highest BCUT2D eigenvalue weighted by Crippen LogP contribution is 2.33. The summed E-state index contributed by atoms with van der Waals surface area (Å²) in [6.45, 7) is 9.64. The van der Waals surface area contributed by atoms with Gasteiger partial charge in [-0.1, -0.05) is 18.2 Å². The molecular weight excluding hydrogens is 314 g/mol. The summed E-state index contributed by atoms with van der Waals surface area (Å²) in [6.07, 6.45) is 1.89. The SMILES string of the molecule is CC(=Cc1cc(C)c(-c2ccc(O)c(O)c2)cc1C)C(=O)NC(C)C. The van der Waals surface area contributed by atoms with E-state index in [1.807, 2.05) is 45.9 Å². The lowest BCUT2D eigenvalue weighted by atomic mass is 9.94. The Kier molecular flexibility index (Phi) is 5.52. The number of hydrogen-bond acceptors (Lipinski definition) is 3. The van der Waals surface area contributed by atoms with Gasteiger partial charge in [-0.25, -0.2) is 0 Å². The number of rotatable bonds is 4. The molecular formula is C21H25NO3. The van der Waals surface area contributed by atoms with Gasteiger partial charge in [0.05, 0.1) is 0 Å². The van der Waals surface area contributed by atoms with Crippen LogP contribution in [0, 0.1) is 13.8 Å². The second-order valence-electron chi connectivity index (χ2n) is 6.68. The molecule has 0 aliphatic rings. The summed E-state index contributed by atoms with van der Waals surface area (Å²) in [4.78, 5) is 12.1. The minimum Gasteiger partial charge on any atom is -0.504 e. The van der Waals surface area contributed by atoms with Crippen molar-refractivity contribution < 1.29 is 15.0 Å². The Morgan fingerprint density at radius 3 is 2.32 bits per heavy atom. The average Bonchev–Trinajstić information content (AvgIpc) is 2.52. The molecule has 0 atom stereocenters. The molecule has 0 saturated carbocycles. The standard InChI is InChI=1S/C21H25NO3/c1-12(2)22-21(25)15(5)9-17-8-14(4)18(10-13(17)3)16-6-7-19(23)20(24)11-16/h6-12,23-24H,1-5H3,(H,22,25). The van der Waals surface area contributed by atoms with Gasteiger partial charge in [0.25, 0.3) is 0 Å². The van der Waals surface area contributed by atoms with Gasteiger partial charge in [-0.05, 0) is 80.6 Å². The van der Waals surface area contributed by atoms with Crippen molar-refractivity contribution >= 4 is 12.0 Å². The molecule has 0 unspecified atom stereocenters. The molecule has 3 N–H and O–H groups in total. The highest BCUT2D eigenvalue weighted by Gasteiger charge is 2.10. The van der Waals surface area contributed by atoms with Crippen molar-refractivity contribution in [3.8, 4) is 22.6 Å². The first kappa shape index (κ1) is 18.6. The third-order valence-electron chi connectivity index (χ3n) is 4.05. The van der Waals surface area contributed by atoms with E-state index >= 15 is 0 Å².